The molecule has 0 bridgehead atoms. The minimum Gasteiger partial charge on any atom is -0.147 e. The Morgan fingerprint density at radius 2 is 1.77 bits per heavy atom. The zero-order valence-corrected chi connectivity index (χ0v) is 9.38. The summed E-state index contributed by atoms with van der Waals surface area (Å²) in [5.41, 5.74) is 0. The molecule has 0 unspecified atom stereocenters. The highest BCUT2D eigenvalue weighted by atomic mass is 79.9. The Balaban J connectivity index is 2.32. The van der Waals surface area contributed by atoms with E-state index in [0.29, 0.717) is 5.92 Å². The van der Waals surface area contributed by atoms with Crippen LogP contribution in [-0.4, -0.2) is 0 Å². The second kappa shape index (κ2) is 4.07. The van der Waals surface area contributed by atoms with Crippen LogP contribution in [0, 0.1) is 0 Å². The maximum atomic E-state index is 3.55. The first-order chi connectivity index (χ1) is 6.38. The Labute approximate surface area is 90.4 Å². The van der Waals surface area contributed by atoms with Crippen LogP contribution in [-0.2, 0) is 0 Å². The van der Waals surface area contributed by atoms with E-state index in [1.165, 1.54) is 9.35 Å². The third-order valence-corrected chi connectivity index (χ3v) is 3.89. The summed E-state index contributed by atoms with van der Waals surface area (Å²) in [6, 6.07) is 2.10. The van der Waals surface area contributed by atoms with Gasteiger partial charge in [0.15, 0.2) is 0 Å². The van der Waals surface area contributed by atoms with Crippen LogP contribution in [0.5, 0.6) is 0 Å². The van der Waals surface area contributed by atoms with Gasteiger partial charge in [-0.3, -0.25) is 0 Å². The highest BCUT2D eigenvalue weighted by molar-refractivity contribution is 9.10. The van der Waals surface area contributed by atoms with Crippen molar-refractivity contribution in [3.8, 4) is 0 Å². The number of rotatable bonds is 1. The third-order valence-electron chi connectivity index (χ3n) is 1.92. The fraction of sp³-hybridized carbons (Fsp3) is 0.0909. The second-order valence-corrected chi connectivity index (χ2v) is 4.62. The lowest BCUT2D eigenvalue weighted by Crippen LogP contribution is -1.86. The van der Waals surface area contributed by atoms with Crippen molar-refractivity contribution < 1.29 is 0 Å². The molecule has 1 heterocycles. The van der Waals surface area contributed by atoms with E-state index >= 15 is 0 Å². The molecule has 0 radical (unpaired) electrons. The van der Waals surface area contributed by atoms with Gasteiger partial charge in [-0.25, -0.2) is 0 Å². The van der Waals surface area contributed by atoms with Crippen molar-refractivity contribution in [2.24, 2.45) is 0 Å². The average Bonchev–Trinajstić information content (AvgIpc) is 2.43. The minimum atomic E-state index is 0.421. The first-order valence-corrected chi connectivity index (χ1v) is 5.80. The highest BCUT2D eigenvalue weighted by Crippen LogP contribution is 2.32. The molecule has 66 valence electrons. The van der Waals surface area contributed by atoms with Crippen molar-refractivity contribution in [3.63, 3.8) is 0 Å². The first kappa shape index (κ1) is 8.97. The Morgan fingerprint density at radius 3 is 2.31 bits per heavy atom. The molecule has 0 aromatic carbocycles. The van der Waals surface area contributed by atoms with Crippen molar-refractivity contribution in [2.75, 3.05) is 0 Å². The molecule has 1 aliphatic rings. The molecule has 0 nitrogen and oxygen atoms in total. The molecule has 2 rings (SSSR count). The molecular formula is C11H9BrS. The number of thiophene rings is 1. The van der Waals surface area contributed by atoms with Crippen LogP contribution < -0.4 is 0 Å². The summed E-state index contributed by atoms with van der Waals surface area (Å²) in [6.45, 7) is 0. The van der Waals surface area contributed by atoms with Gasteiger partial charge in [-0.05, 0) is 27.4 Å². The van der Waals surface area contributed by atoms with E-state index in [1.807, 2.05) is 0 Å². The van der Waals surface area contributed by atoms with Gasteiger partial charge in [0, 0.05) is 15.3 Å². The van der Waals surface area contributed by atoms with Crippen molar-refractivity contribution >= 4 is 27.3 Å². The fourth-order valence-electron chi connectivity index (χ4n) is 1.28. The van der Waals surface area contributed by atoms with Crippen molar-refractivity contribution in [2.45, 2.75) is 5.92 Å². The molecule has 0 fully saturated rings. The molecule has 1 aromatic rings. The summed E-state index contributed by atoms with van der Waals surface area (Å²) < 4.78 is 1.21. The zero-order valence-electron chi connectivity index (χ0n) is 6.98. The number of halogens is 1. The predicted molar refractivity (Wildman–Crippen MR) is 62.2 cm³/mol. The molecule has 0 saturated heterocycles. The summed E-state index contributed by atoms with van der Waals surface area (Å²) in [6.07, 6.45) is 12.7. The lowest BCUT2D eigenvalue weighted by molar-refractivity contribution is 1.12. The van der Waals surface area contributed by atoms with Crippen molar-refractivity contribution in [1.29, 1.82) is 0 Å². The summed E-state index contributed by atoms with van der Waals surface area (Å²) >= 11 is 5.34. The van der Waals surface area contributed by atoms with Gasteiger partial charge in [0.2, 0.25) is 0 Å². The SMILES string of the molecule is Brc1ccsc1C1C=CC=CC=C1. The summed E-state index contributed by atoms with van der Waals surface area (Å²) in [5, 5.41) is 2.11. The van der Waals surface area contributed by atoms with Gasteiger partial charge in [-0.1, -0.05) is 36.5 Å². The van der Waals surface area contributed by atoms with Crippen molar-refractivity contribution in [1.82, 2.24) is 0 Å². The molecule has 0 atom stereocenters. The highest BCUT2D eigenvalue weighted by Gasteiger charge is 2.09. The van der Waals surface area contributed by atoms with Crippen LogP contribution >= 0.6 is 27.3 Å². The van der Waals surface area contributed by atoms with E-state index in [9.17, 15) is 0 Å². The summed E-state index contributed by atoms with van der Waals surface area (Å²) in [4.78, 5) is 1.37. The zero-order chi connectivity index (χ0) is 9.10. The maximum absolute atomic E-state index is 3.55. The van der Waals surface area contributed by atoms with Gasteiger partial charge in [0.1, 0.15) is 0 Å². The van der Waals surface area contributed by atoms with E-state index < -0.39 is 0 Å². The van der Waals surface area contributed by atoms with E-state index in [4.69, 9.17) is 0 Å². The Hall–Kier alpha value is -0.600. The van der Waals surface area contributed by atoms with Crippen LogP contribution in [0.2, 0.25) is 0 Å². The fourth-order valence-corrected chi connectivity index (χ4v) is 2.98. The van der Waals surface area contributed by atoms with E-state index in [-0.39, 0.29) is 0 Å². The van der Waals surface area contributed by atoms with Crippen LogP contribution in [0.3, 0.4) is 0 Å². The first-order valence-electron chi connectivity index (χ1n) is 4.12. The molecule has 0 N–H and O–H groups in total. The molecular weight excluding hydrogens is 244 g/mol. The number of hydrogen-bond acceptors (Lipinski definition) is 1. The summed E-state index contributed by atoms with van der Waals surface area (Å²) in [5.74, 6) is 0.421. The second-order valence-electron chi connectivity index (χ2n) is 2.81. The standard InChI is InChI=1S/C11H9BrS/c12-10-7-8-13-11(10)9-5-3-1-2-4-6-9/h1-9H. The molecule has 2 heteroatoms. The molecule has 0 amide bonds. The predicted octanol–water partition coefficient (Wildman–Crippen LogP) is 4.28. The van der Waals surface area contributed by atoms with Gasteiger partial charge in [-0.2, -0.15) is 0 Å². The smallest absolute Gasteiger partial charge is 0.0323 e. The molecule has 1 aromatic heterocycles. The molecule has 0 saturated carbocycles. The number of hydrogen-bond donors (Lipinski definition) is 0. The molecule has 0 aliphatic heterocycles. The van der Waals surface area contributed by atoms with Crippen LogP contribution in [0.25, 0.3) is 0 Å². The van der Waals surface area contributed by atoms with Gasteiger partial charge in [-0.15, -0.1) is 11.3 Å². The molecule has 1 aliphatic carbocycles. The van der Waals surface area contributed by atoms with Gasteiger partial charge >= 0.3 is 0 Å². The largest absolute Gasteiger partial charge is 0.147 e. The lowest BCUT2D eigenvalue weighted by atomic mass is 10.1. The van der Waals surface area contributed by atoms with Crippen LogP contribution in [0.1, 0.15) is 10.8 Å². The normalized spacial score (nSPS) is 16.4. The topological polar surface area (TPSA) is 0 Å². The van der Waals surface area contributed by atoms with Gasteiger partial charge in [0.25, 0.3) is 0 Å². The maximum Gasteiger partial charge on any atom is 0.0323 e. The van der Waals surface area contributed by atoms with Crippen LogP contribution in [0.15, 0.2) is 52.4 Å². The van der Waals surface area contributed by atoms with E-state index in [2.05, 4.69) is 63.8 Å². The quantitative estimate of drug-likeness (QED) is 0.700. The monoisotopic (exact) mass is 252 g/mol. The third kappa shape index (κ3) is 2.01. The van der Waals surface area contributed by atoms with E-state index in [1.54, 1.807) is 11.3 Å². The number of allylic oxidation sites excluding steroid dienone is 6. The average molecular weight is 253 g/mol. The minimum absolute atomic E-state index is 0.421. The molecule has 13 heavy (non-hydrogen) atoms. The van der Waals surface area contributed by atoms with Gasteiger partial charge < -0.3 is 0 Å². The van der Waals surface area contributed by atoms with Crippen molar-refractivity contribution in [3.05, 3.63) is 57.3 Å². The van der Waals surface area contributed by atoms with Gasteiger partial charge in [0.05, 0.1) is 0 Å². The molecule has 0 spiro atoms. The van der Waals surface area contributed by atoms with Crippen LogP contribution in [0.4, 0.5) is 0 Å². The Kier molecular flexibility index (Phi) is 2.81. The summed E-state index contributed by atoms with van der Waals surface area (Å²) in [7, 11) is 0. The Bertz CT molecular complexity index is 355. The Morgan fingerprint density at radius 1 is 1.08 bits per heavy atom. The lowest BCUT2D eigenvalue weighted by Gasteiger charge is -2.04. The van der Waals surface area contributed by atoms with E-state index in [0.717, 1.165) is 0 Å².